The Kier molecular flexibility index (Phi) is 7.37. The molecule has 0 aliphatic carbocycles. The van der Waals surface area contributed by atoms with E-state index in [1.165, 1.54) is 0 Å². The minimum absolute atomic E-state index is 0.437. The van der Waals surface area contributed by atoms with Gasteiger partial charge in [-0.15, -0.1) is 0 Å². The molecule has 0 fully saturated rings. The first-order chi connectivity index (χ1) is 8.50. The Bertz CT molecular complexity index is 443. The van der Waals surface area contributed by atoms with Gasteiger partial charge in [-0.1, -0.05) is 53.3 Å². The Morgan fingerprint density at radius 3 is 2.61 bits per heavy atom. The van der Waals surface area contributed by atoms with E-state index in [4.69, 9.17) is 44.3 Å². The quantitative estimate of drug-likeness (QED) is 0.484. The summed E-state index contributed by atoms with van der Waals surface area (Å²) in [6.07, 6.45) is 0.846. The van der Waals surface area contributed by atoms with Crippen LogP contribution in [0.4, 0.5) is 0 Å². The standard InChI is InChI=1S/C11H15Cl2O2PS2/c1-3-15-16(17,4-2)18-8-14-11-6-5-9(12)7-10(11)13/h5-7H,3-4,8H2,1-2H3. The summed E-state index contributed by atoms with van der Waals surface area (Å²) in [5.74, 6) is 1.05. The summed E-state index contributed by atoms with van der Waals surface area (Å²) in [5.41, 5.74) is -1.81. The van der Waals surface area contributed by atoms with Crippen molar-refractivity contribution in [3.8, 4) is 5.75 Å². The van der Waals surface area contributed by atoms with Crippen LogP contribution in [-0.2, 0) is 16.3 Å². The van der Waals surface area contributed by atoms with Crippen LogP contribution in [0.1, 0.15) is 13.8 Å². The highest BCUT2D eigenvalue weighted by Crippen LogP contribution is 2.59. The molecule has 0 aliphatic rings. The van der Waals surface area contributed by atoms with Gasteiger partial charge in [0, 0.05) is 17.8 Å². The third kappa shape index (κ3) is 5.28. The SMILES string of the molecule is CCOP(=S)(CC)SCOc1ccc(Cl)cc1Cl. The van der Waals surface area contributed by atoms with Crippen LogP contribution in [0.25, 0.3) is 0 Å². The molecule has 0 saturated carbocycles. The normalized spacial score (nSPS) is 14.2. The summed E-state index contributed by atoms with van der Waals surface area (Å²) in [4.78, 5) is 0. The largest absolute Gasteiger partial charge is 0.481 e. The first-order valence-electron chi connectivity index (χ1n) is 5.46. The molecule has 0 bridgehead atoms. The minimum atomic E-state index is -1.81. The van der Waals surface area contributed by atoms with Crippen molar-refractivity contribution in [3.63, 3.8) is 0 Å². The van der Waals surface area contributed by atoms with Crippen molar-refractivity contribution in [2.45, 2.75) is 13.8 Å². The topological polar surface area (TPSA) is 18.5 Å². The van der Waals surface area contributed by atoms with Crippen LogP contribution in [0.2, 0.25) is 10.0 Å². The van der Waals surface area contributed by atoms with Gasteiger partial charge in [0.15, 0.2) is 0 Å². The zero-order valence-corrected chi connectivity index (χ0v) is 14.2. The minimum Gasteiger partial charge on any atom is -0.481 e. The van der Waals surface area contributed by atoms with Gasteiger partial charge in [-0.3, -0.25) is 0 Å². The van der Waals surface area contributed by atoms with Gasteiger partial charge in [0.1, 0.15) is 17.2 Å². The number of hydrogen-bond acceptors (Lipinski definition) is 4. The van der Waals surface area contributed by atoms with Crippen LogP contribution in [0.5, 0.6) is 5.75 Å². The fourth-order valence-electron chi connectivity index (χ4n) is 1.18. The van der Waals surface area contributed by atoms with Crippen LogP contribution in [0, 0.1) is 0 Å². The summed E-state index contributed by atoms with van der Waals surface area (Å²) in [6, 6.07) is 5.15. The van der Waals surface area contributed by atoms with Crippen molar-refractivity contribution in [3.05, 3.63) is 28.2 Å². The molecule has 1 rings (SSSR count). The maximum Gasteiger partial charge on any atom is 0.140 e. The van der Waals surface area contributed by atoms with Crippen LogP contribution >= 0.6 is 40.1 Å². The smallest absolute Gasteiger partial charge is 0.140 e. The van der Waals surface area contributed by atoms with E-state index in [0.29, 0.717) is 28.3 Å². The van der Waals surface area contributed by atoms with E-state index in [0.717, 1.165) is 6.16 Å². The molecule has 0 aliphatic heterocycles. The predicted molar refractivity (Wildman–Crippen MR) is 86.0 cm³/mol. The Morgan fingerprint density at radius 2 is 2.06 bits per heavy atom. The highest BCUT2D eigenvalue weighted by Gasteiger charge is 2.15. The van der Waals surface area contributed by atoms with Gasteiger partial charge < -0.3 is 9.26 Å². The Morgan fingerprint density at radius 1 is 1.33 bits per heavy atom. The molecule has 0 saturated heterocycles. The zero-order chi connectivity index (χ0) is 13.6. The van der Waals surface area contributed by atoms with Gasteiger partial charge in [0.25, 0.3) is 0 Å². The second-order valence-electron chi connectivity index (χ2n) is 3.31. The maximum absolute atomic E-state index is 6.01. The first-order valence-corrected chi connectivity index (χ1v) is 10.7. The molecule has 1 unspecified atom stereocenters. The van der Waals surface area contributed by atoms with Gasteiger partial charge >= 0.3 is 0 Å². The molecule has 0 N–H and O–H groups in total. The summed E-state index contributed by atoms with van der Waals surface area (Å²) >= 11 is 18.9. The highest BCUT2D eigenvalue weighted by atomic mass is 35.5. The lowest BCUT2D eigenvalue weighted by Crippen LogP contribution is -1.96. The van der Waals surface area contributed by atoms with E-state index in [9.17, 15) is 0 Å². The monoisotopic (exact) mass is 344 g/mol. The number of ether oxygens (including phenoxy) is 1. The van der Waals surface area contributed by atoms with E-state index >= 15 is 0 Å². The molecule has 1 atom stereocenters. The molecule has 0 radical (unpaired) electrons. The maximum atomic E-state index is 6.01. The van der Waals surface area contributed by atoms with E-state index in [1.807, 2.05) is 13.8 Å². The molecule has 0 heterocycles. The number of hydrogen-bond donors (Lipinski definition) is 0. The third-order valence-corrected chi connectivity index (χ3v) is 9.27. The van der Waals surface area contributed by atoms with Crippen LogP contribution in [0.15, 0.2) is 18.2 Å². The summed E-state index contributed by atoms with van der Waals surface area (Å²) in [7, 11) is 0. The molecule has 1 aromatic rings. The molecule has 102 valence electrons. The molecule has 0 spiro atoms. The Balaban J connectivity index is 2.53. The molecule has 1 aromatic carbocycles. The Labute approximate surface area is 127 Å². The molecule has 2 nitrogen and oxygen atoms in total. The fraction of sp³-hybridized carbons (Fsp3) is 0.455. The molecular formula is C11H15Cl2O2PS2. The van der Waals surface area contributed by atoms with Crippen molar-refractivity contribution < 1.29 is 9.26 Å². The molecular weight excluding hydrogens is 330 g/mol. The lowest BCUT2D eigenvalue weighted by molar-refractivity contribution is 0.381. The number of benzene rings is 1. The molecule has 18 heavy (non-hydrogen) atoms. The van der Waals surface area contributed by atoms with Gasteiger partial charge in [-0.05, 0) is 25.1 Å². The van der Waals surface area contributed by atoms with Crippen LogP contribution in [-0.4, -0.2) is 18.7 Å². The van der Waals surface area contributed by atoms with Gasteiger partial charge in [0.2, 0.25) is 0 Å². The second-order valence-corrected chi connectivity index (χ2v) is 11.8. The second kappa shape index (κ2) is 7.98. The van der Waals surface area contributed by atoms with Crippen molar-refractivity contribution in [2.24, 2.45) is 0 Å². The number of halogens is 2. The molecule has 0 aromatic heterocycles. The lowest BCUT2D eigenvalue weighted by Gasteiger charge is -2.19. The average molecular weight is 345 g/mol. The van der Waals surface area contributed by atoms with Gasteiger partial charge in [-0.25, -0.2) is 0 Å². The average Bonchev–Trinajstić information content (AvgIpc) is 2.32. The van der Waals surface area contributed by atoms with E-state index < -0.39 is 5.47 Å². The summed E-state index contributed by atoms with van der Waals surface area (Å²) in [6.45, 7) is 4.63. The van der Waals surface area contributed by atoms with E-state index in [-0.39, 0.29) is 0 Å². The highest BCUT2D eigenvalue weighted by molar-refractivity contribution is 8.69. The van der Waals surface area contributed by atoms with Gasteiger partial charge in [0.05, 0.1) is 5.02 Å². The fourth-order valence-corrected chi connectivity index (χ4v) is 5.25. The van der Waals surface area contributed by atoms with Crippen molar-refractivity contribution in [1.82, 2.24) is 0 Å². The van der Waals surface area contributed by atoms with Gasteiger partial charge in [-0.2, -0.15) is 0 Å². The van der Waals surface area contributed by atoms with Crippen molar-refractivity contribution in [1.29, 1.82) is 0 Å². The summed E-state index contributed by atoms with van der Waals surface area (Å²) in [5, 5.41) is 1.09. The lowest BCUT2D eigenvalue weighted by atomic mass is 10.3. The first kappa shape index (κ1) is 16.6. The molecule has 7 heteroatoms. The van der Waals surface area contributed by atoms with Crippen LogP contribution in [0.3, 0.4) is 0 Å². The Hall–Kier alpha value is 0.560. The van der Waals surface area contributed by atoms with E-state index in [1.54, 1.807) is 29.6 Å². The molecule has 0 amide bonds. The third-order valence-electron chi connectivity index (χ3n) is 2.07. The predicted octanol–water partition coefficient (Wildman–Crippen LogP) is 5.43. The van der Waals surface area contributed by atoms with E-state index in [2.05, 4.69) is 0 Å². The number of rotatable bonds is 7. The van der Waals surface area contributed by atoms with Crippen LogP contribution < -0.4 is 4.74 Å². The van der Waals surface area contributed by atoms with Crippen molar-refractivity contribution in [2.75, 3.05) is 18.7 Å². The zero-order valence-electron chi connectivity index (χ0n) is 10.2. The van der Waals surface area contributed by atoms with Crippen molar-refractivity contribution >= 4 is 51.9 Å². The summed E-state index contributed by atoms with van der Waals surface area (Å²) < 4.78 is 11.2.